The second-order valence-electron chi connectivity index (χ2n) is 7.07. The van der Waals surface area contributed by atoms with E-state index < -0.39 is 0 Å². The van der Waals surface area contributed by atoms with Crippen molar-refractivity contribution in [3.05, 3.63) is 29.8 Å². The van der Waals surface area contributed by atoms with Gasteiger partial charge >= 0.3 is 0 Å². The molecule has 0 saturated carbocycles. The Morgan fingerprint density at radius 1 is 1.21 bits per heavy atom. The van der Waals surface area contributed by atoms with E-state index in [1.807, 2.05) is 11.9 Å². The number of aryl methyl sites for hydroxylation is 1. The van der Waals surface area contributed by atoms with Gasteiger partial charge in [0.2, 0.25) is 5.91 Å². The fourth-order valence-electron chi connectivity index (χ4n) is 3.76. The molecule has 2 aliphatic heterocycles. The molecule has 0 radical (unpaired) electrons. The molecule has 3 rings (SSSR count). The molecule has 5 nitrogen and oxygen atoms in total. The lowest BCUT2D eigenvalue weighted by molar-refractivity contribution is -0.133. The first-order chi connectivity index (χ1) is 11.7. The third kappa shape index (κ3) is 4.28. The minimum Gasteiger partial charge on any atom is -0.368 e. The van der Waals surface area contributed by atoms with Crippen LogP contribution in [0.1, 0.15) is 18.4 Å². The zero-order valence-electron chi connectivity index (χ0n) is 15.0. The number of anilines is 1. The lowest BCUT2D eigenvalue weighted by Gasteiger charge is -2.38. The fourth-order valence-corrected chi connectivity index (χ4v) is 3.76. The van der Waals surface area contributed by atoms with Crippen LogP contribution in [0.2, 0.25) is 0 Å². The number of piperidine rings is 1. The minimum absolute atomic E-state index is 0.288. The van der Waals surface area contributed by atoms with Gasteiger partial charge in [0, 0.05) is 44.5 Å². The fraction of sp³-hybridized carbons (Fsp3) is 0.632. The quantitative estimate of drug-likeness (QED) is 0.904. The number of likely N-dealkylation sites (N-methyl/N-ethyl adjacent to an activating group) is 1. The van der Waals surface area contributed by atoms with Crippen LogP contribution in [0.4, 0.5) is 5.69 Å². The van der Waals surface area contributed by atoms with Crippen LogP contribution < -0.4 is 10.2 Å². The molecule has 0 bridgehead atoms. The summed E-state index contributed by atoms with van der Waals surface area (Å²) in [5.74, 6) is 0.288. The predicted octanol–water partition coefficient (Wildman–Crippen LogP) is 1.33. The lowest BCUT2D eigenvalue weighted by Crippen LogP contribution is -2.53. The Morgan fingerprint density at radius 2 is 2.00 bits per heavy atom. The van der Waals surface area contributed by atoms with Gasteiger partial charge < -0.3 is 15.1 Å². The molecule has 2 saturated heterocycles. The average Bonchev–Trinajstić information content (AvgIpc) is 2.62. The smallest absolute Gasteiger partial charge is 0.236 e. The Labute approximate surface area is 145 Å². The summed E-state index contributed by atoms with van der Waals surface area (Å²) in [6.07, 6.45) is 2.40. The molecule has 24 heavy (non-hydrogen) atoms. The number of piperazine rings is 1. The Morgan fingerprint density at radius 3 is 2.71 bits per heavy atom. The summed E-state index contributed by atoms with van der Waals surface area (Å²) in [6.45, 7) is 8.25. The van der Waals surface area contributed by atoms with Crippen LogP contribution in [0.5, 0.6) is 0 Å². The first-order valence-electron chi connectivity index (χ1n) is 9.15. The molecular weight excluding hydrogens is 300 g/mol. The SMILES string of the molecule is CNC1CCCN(CC(=O)N2CCN(c3cccc(C)c3)CC2)C1. The van der Waals surface area contributed by atoms with Gasteiger partial charge in [0.05, 0.1) is 6.54 Å². The predicted molar refractivity (Wildman–Crippen MR) is 98.5 cm³/mol. The number of rotatable bonds is 4. The Hall–Kier alpha value is -1.59. The van der Waals surface area contributed by atoms with E-state index in [2.05, 4.69) is 46.3 Å². The molecular formula is C19H30N4O. The number of carbonyl (C=O) groups is 1. The molecule has 1 amide bonds. The highest BCUT2D eigenvalue weighted by atomic mass is 16.2. The van der Waals surface area contributed by atoms with Crippen LogP contribution in [0.25, 0.3) is 0 Å². The lowest BCUT2D eigenvalue weighted by atomic mass is 10.1. The molecule has 2 fully saturated rings. The maximum absolute atomic E-state index is 12.6. The van der Waals surface area contributed by atoms with Gasteiger partial charge in [-0.2, -0.15) is 0 Å². The molecule has 1 unspecified atom stereocenters. The molecule has 1 atom stereocenters. The van der Waals surface area contributed by atoms with Crippen molar-refractivity contribution >= 4 is 11.6 Å². The molecule has 1 aromatic rings. The standard InChI is InChI=1S/C19H30N4O/c1-16-5-3-7-18(13-16)22-9-11-23(12-10-22)19(24)15-21-8-4-6-17(14-21)20-2/h3,5,7,13,17,20H,4,6,8-12,14-15H2,1-2H3. The monoisotopic (exact) mass is 330 g/mol. The van der Waals surface area contributed by atoms with E-state index in [0.29, 0.717) is 12.6 Å². The molecule has 5 heteroatoms. The van der Waals surface area contributed by atoms with Crippen molar-refractivity contribution in [1.29, 1.82) is 0 Å². The third-order valence-electron chi connectivity index (χ3n) is 5.27. The zero-order chi connectivity index (χ0) is 16.9. The maximum atomic E-state index is 12.6. The van der Waals surface area contributed by atoms with Gasteiger partial charge in [0.1, 0.15) is 0 Å². The van der Waals surface area contributed by atoms with Crippen LogP contribution >= 0.6 is 0 Å². The Bertz CT molecular complexity index is 554. The summed E-state index contributed by atoms with van der Waals surface area (Å²) in [6, 6.07) is 9.15. The van der Waals surface area contributed by atoms with E-state index in [4.69, 9.17) is 0 Å². The summed E-state index contributed by atoms with van der Waals surface area (Å²) in [7, 11) is 2.01. The van der Waals surface area contributed by atoms with Crippen molar-refractivity contribution in [1.82, 2.24) is 15.1 Å². The maximum Gasteiger partial charge on any atom is 0.236 e. The summed E-state index contributed by atoms with van der Waals surface area (Å²) in [5.41, 5.74) is 2.56. The molecule has 0 spiro atoms. The normalized spacial score (nSPS) is 22.7. The van der Waals surface area contributed by atoms with Gasteiger partial charge in [-0.25, -0.2) is 0 Å². The van der Waals surface area contributed by atoms with Gasteiger partial charge in [-0.15, -0.1) is 0 Å². The topological polar surface area (TPSA) is 38.8 Å². The number of carbonyl (C=O) groups excluding carboxylic acids is 1. The first-order valence-corrected chi connectivity index (χ1v) is 9.15. The molecule has 0 aromatic heterocycles. The van der Waals surface area contributed by atoms with Gasteiger partial charge in [-0.05, 0) is 51.1 Å². The van der Waals surface area contributed by atoms with Crippen molar-refractivity contribution in [2.75, 3.05) is 57.8 Å². The van der Waals surface area contributed by atoms with Crippen molar-refractivity contribution in [2.24, 2.45) is 0 Å². The summed E-state index contributed by atoms with van der Waals surface area (Å²) in [4.78, 5) is 19.3. The highest BCUT2D eigenvalue weighted by Gasteiger charge is 2.25. The van der Waals surface area contributed by atoms with E-state index in [-0.39, 0.29) is 5.91 Å². The van der Waals surface area contributed by atoms with Crippen LogP contribution in [-0.4, -0.2) is 74.6 Å². The molecule has 1 N–H and O–H groups in total. The van der Waals surface area contributed by atoms with Crippen molar-refractivity contribution in [2.45, 2.75) is 25.8 Å². The highest BCUT2D eigenvalue weighted by molar-refractivity contribution is 5.78. The van der Waals surface area contributed by atoms with Gasteiger partial charge in [0.15, 0.2) is 0 Å². The molecule has 132 valence electrons. The molecule has 0 aliphatic carbocycles. The van der Waals surface area contributed by atoms with E-state index >= 15 is 0 Å². The number of hydrogen-bond donors (Lipinski definition) is 1. The van der Waals surface area contributed by atoms with Gasteiger partial charge in [0.25, 0.3) is 0 Å². The Kier molecular flexibility index (Phi) is 5.74. The van der Waals surface area contributed by atoms with E-state index in [9.17, 15) is 4.79 Å². The number of nitrogens with zero attached hydrogens (tertiary/aromatic N) is 3. The van der Waals surface area contributed by atoms with E-state index in [1.165, 1.54) is 24.1 Å². The molecule has 1 aromatic carbocycles. The summed E-state index contributed by atoms with van der Waals surface area (Å²) < 4.78 is 0. The van der Waals surface area contributed by atoms with Crippen molar-refractivity contribution in [3.63, 3.8) is 0 Å². The second-order valence-corrected chi connectivity index (χ2v) is 7.07. The number of hydrogen-bond acceptors (Lipinski definition) is 4. The van der Waals surface area contributed by atoms with Crippen molar-refractivity contribution < 1.29 is 4.79 Å². The highest BCUT2D eigenvalue weighted by Crippen LogP contribution is 2.18. The average molecular weight is 330 g/mol. The van der Waals surface area contributed by atoms with Gasteiger partial charge in [-0.3, -0.25) is 9.69 Å². The van der Waals surface area contributed by atoms with Crippen LogP contribution in [0.3, 0.4) is 0 Å². The summed E-state index contributed by atoms with van der Waals surface area (Å²) in [5, 5.41) is 3.34. The number of amides is 1. The number of likely N-dealkylation sites (tertiary alicyclic amines) is 1. The first kappa shape index (κ1) is 17.2. The molecule has 2 heterocycles. The third-order valence-corrected chi connectivity index (χ3v) is 5.27. The Balaban J connectivity index is 1.48. The van der Waals surface area contributed by atoms with Crippen LogP contribution in [0, 0.1) is 6.92 Å². The van der Waals surface area contributed by atoms with Crippen LogP contribution in [0.15, 0.2) is 24.3 Å². The molecule has 2 aliphatic rings. The minimum atomic E-state index is 0.288. The second kappa shape index (κ2) is 7.99. The van der Waals surface area contributed by atoms with Crippen LogP contribution in [-0.2, 0) is 4.79 Å². The van der Waals surface area contributed by atoms with Crippen molar-refractivity contribution in [3.8, 4) is 0 Å². The van der Waals surface area contributed by atoms with E-state index in [1.54, 1.807) is 0 Å². The zero-order valence-corrected chi connectivity index (χ0v) is 15.0. The van der Waals surface area contributed by atoms with E-state index in [0.717, 1.165) is 39.3 Å². The number of benzene rings is 1. The number of nitrogens with one attached hydrogen (secondary N) is 1. The largest absolute Gasteiger partial charge is 0.368 e. The summed E-state index contributed by atoms with van der Waals surface area (Å²) >= 11 is 0. The van der Waals surface area contributed by atoms with Gasteiger partial charge in [-0.1, -0.05) is 12.1 Å².